The van der Waals surface area contributed by atoms with E-state index in [2.05, 4.69) is 169 Å². The zero-order chi connectivity index (χ0) is 30.9. The molecule has 0 N–H and O–H groups in total. The molecule has 0 unspecified atom stereocenters. The summed E-state index contributed by atoms with van der Waals surface area (Å²) >= 11 is 0. The van der Waals surface area contributed by atoms with E-state index in [1.54, 1.807) is 0 Å². The van der Waals surface area contributed by atoms with Gasteiger partial charge in [0.05, 0.1) is 0 Å². The number of rotatable bonds is 4. The van der Waals surface area contributed by atoms with E-state index in [1.807, 2.05) is 0 Å². The lowest BCUT2D eigenvalue weighted by Gasteiger charge is -2.25. The first kappa shape index (κ1) is 26.1. The van der Waals surface area contributed by atoms with E-state index in [4.69, 9.17) is 4.42 Å². The van der Waals surface area contributed by atoms with Gasteiger partial charge in [0.25, 0.3) is 0 Å². The van der Waals surface area contributed by atoms with E-state index in [9.17, 15) is 0 Å². The molecular weight excluding hydrogens is 571 g/mol. The van der Waals surface area contributed by atoms with Crippen LogP contribution in [0.2, 0.25) is 0 Å². The maximum Gasteiger partial charge on any atom is 0.137 e. The predicted octanol–water partition coefficient (Wildman–Crippen LogP) is 12.6. The lowest BCUT2D eigenvalue weighted by Crippen LogP contribution is -2.09. The molecule has 9 aromatic rings. The largest absolute Gasteiger partial charge is 0.456 e. The fourth-order valence-electron chi connectivity index (χ4n) is 7.66. The average molecular weight is 600 g/mol. The first-order valence-corrected chi connectivity index (χ1v) is 16.2. The van der Waals surface area contributed by atoms with E-state index in [0.29, 0.717) is 0 Å². The topological polar surface area (TPSA) is 16.4 Å². The summed E-state index contributed by atoms with van der Waals surface area (Å²) in [5.41, 5.74) is 13.1. The monoisotopic (exact) mass is 599 g/mol. The van der Waals surface area contributed by atoms with Crippen molar-refractivity contribution in [3.63, 3.8) is 0 Å². The highest BCUT2D eigenvalue weighted by Gasteiger charge is 2.22. The van der Waals surface area contributed by atoms with Crippen LogP contribution in [0.25, 0.3) is 65.7 Å². The van der Waals surface area contributed by atoms with Gasteiger partial charge in [-0.25, -0.2) is 0 Å². The Labute approximate surface area is 272 Å². The molecule has 2 heteroatoms. The van der Waals surface area contributed by atoms with Gasteiger partial charge in [-0.05, 0) is 110 Å². The van der Waals surface area contributed by atoms with Gasteiger partial charge in [0.15, 0.2) is 0 Å². The minimum Gasteiger partial charge on any atom is -0.456 e. The van der Waals surface area contributed by atoms with Crippen LogP contribution in [0.3, 0.4) is 0 Å². The van der Waals surface area contributed by atoms with Crippen LogP contribution in [0, 0.1) is 0 Å². The zero-order valence-corrected chi connectivity index (χ0v) is 25.7. The van der Waals surface area contributed by atoms with E-state index >= 15 is 0 Å². The van der Waals surface area contributed by atoms with Crippen LogP contribution in [0.15, 0.2) is 168 Å². The molecule has 0 spiro atoms. The summed E-state index contributed by atoms with van der Waals surface area (Å²) in [5, 5.41) is 7.33. The van der Waals surface area contributed by atoms with Crippen LogP contribution >= 0.6 is 0 Å². The smallest absolute Gasteiger partial charge is 0.137 e. The van der Waals surface area contributed by atoms with Crippen molar-refractivity contribution in [3.8, 4) is 22.3 Å². The maximum absolute atomic E-state index is 6.47. The SMILES string of the molecule is c1ccc(N(c2ccc(-c3cccc4ccc5c(c34)Cc3ccccc3-5)cc2)c2ccc3c(c2)oc2cc4ccccc4cc23)cc1. The van der Waals surface area contributed by atoms with Gasteiger partial charge in [-0.15, -0.1) is 0 Å². The predicted molar refractivity (Wildman–Crippen MR) is 197 cm³/mol. The number of benzene rings is 8. The van der Waals surface area contributed by atoms with Crippen molar-refractivity contribution >= 4 is 60.5 Å². The quantitative estimate of drug-likeness (QED) is 0.200. The fraction of sp³-hybridized carbons (Fsp3) is 0.0222. The average Bonchev–Trinajstić information content (AvgIpc) is 3.69. The Morgan fingerprint density at radius 2 is 1.11 bits per heavy atom. The minimum absolute atomic E-state index is 0.885. The van der Waals surface area contributed by atoms with Crippen molar-refractivity contribution < 1.29 is 4.42 Å². The third-order valence-corrected chi connectivity index (χ3v) is 9.86. The van der Waals surface area contributed by atoms with E-state index in [1.165, 1.54) is 54.9 Å². The Morgan fingerprint density at radius 3 is 1.98 bits per heavy atom. The highest BCUT2D eigenvalue weighted by atomic mass is 16.3. The molecule has 10 rings (SSSR count). The molecule has 0 amide bonds. The number of nitrogens with zero attached hydrogens (tertiary/aromatic N) is 1. The van der Waals surface area contributed by atoms with Crippen molar-refractivity contribution in [3.05, 3.63) is 175 Å². The Balaban J connectivity index is 1.09. The Kier molecular flexibility index (Phi) is 5.67. The molecule has 1 aromatic heterocycles. The van der Waals surface area contributed by atoms with Crippen molar-refractivity contribution in [2.45, 2.75) is 6.42 Å². The standard InChI is InChI=1S/C45H29NO/c1-2-13-34(14-3-1)46(36-22-24-40-41-25-31-9-4-5-10-32(31)27-43(41)47-44(40)28-36)35-20-17-29(18-21-35)38-16-8-12-30-19-23-39-37-15-7-6-11-33(37)26-42(39)45(30)38/h1-25,27-28H,26H2. The van der Waals surface area contributed by atoms with Crippen LogP contribution in [-0.2, 0) is 6.42 Å². The van der Waals surface area contributed by atoms with Crippen LogP contribution in [0.5, 0.6) is 0 Å². The lowest BCUT2D eigenvalue weighted by atomic mass is 9.92. The van der Waals surface area contributed by atoms with Crippen molar-refractivity contribution in [1.29, 1.82) is 0 Å². The maximum atomic E-state index is 6.47. The van der Waals surface area contributed by atoms with Crippen LogP contribution < -0.4 is 4.90 Å². The third-order valence-electron chi connectivity index (χ3n) is 9.86. The van der Waals surface area contributed by atoms with Crippen molar-refractivity contribution in [2.24, 2.45) is 0 Å². The van der Waals surface area contributed by atoms with Gasteiger partial charge in [0.2, 0.25) is 0 Å². The fourth-order valence-corrected chi connectivity index (χ4v) is 7.66. The van der Waals surface area contributed by atoms with Gasteiger partial charge < -0.3 is 9.32 Å². The molecule has 220 valence electrons. The summed E-state index contributed by atoms with van der Waals surface area (Å²) in [6, 6.07) is 59.1. The lowest BCUT2D eigenvalue weighted by molar-refractivity contribution is 0.669. The molecule has 0 aliphatic heterocycles. The first-order valence-electron chi connectivity index (χ1n) is 16.2. The van der Waals surface area contributed by atoms with Gasteiger partial charge in [0, 0.05) is 33.9 Å². The minimum atomic E-state index is 0.885. The number of anilines is 3. The van der Waals surface area contributed by atoms with Crippen molar-refractivity contribution in [1.82, 2.24) is 0 Å². The zero-order valence-electron chi connectivity index (χ0n) is 25.7. The normalized spacial score (nSPS) is 12.2. The summed E-state index contributed by atoms with van der Waals surface area (Å²) in [6.07, 6.45) is 0.972. The summed E-state index contributed by atoms with van der Waals surface area (Å²) in [6.45, 7) is 0. The van der Waals surface area contributed by atoms with E-state index < -0.39 is 0 Å². The van der Waals surface area contributed by atoms with Gasteiger partial charge in [0.1, 0.15) is 11.2 Å². The summed E-state index contributed by atoms with van der Waals surface area (Å²) in [4.78, 5) is 2.31. The number of hydrogen-bond donors (Lipinski definition) is 0. The highest BCUT2D eigenvalue weighted by Crippen LogP contribution is 2.44. The second kappa shape index (κ2) is 10.2. The summed E-state index contributed by atoms with van der Waals surface area (Å²) < 4.78 is 6.47. The molecule has 0 bridgehead atoms. The van der Waals surface area contributed by atoms with E-state index in [0.717, 1.165) is 45.4 Å². The summed E-state index contributed by atoms with van der Waals surface area (Å²) in [7, 11) is 0. The number of hydrogen-bond acceptors (Lipinski definition) is 2. The van der Waals surface area contributed by atoms with Gasteiger partial charge in [-0.2, -0.15) is 0 Å². The second-order valence-corrected chi connectivity index (χ2v) is 12.5. The molecular formula is C45H29NO. The Bertz CT molecular complexity index is 2650. The molecule has 0 atom stereocenters. The Hall–Kier alpha value is -6.12. The summed E-state index contributed by atoms with van der Waals surface area (Å²) in [5.74, 6) is 0. The highest BCUT2D eigenvalue weighted by molar-refractivity contribution is 6.11. The van der Waals surface area contributed by atoms with Crippen LogP contribution in [0.1, 0.15) is 11.1 Å². The number of fused-ring (bicyclic) bond motifs is 9. The van der Waals surface area contributed by atoms with Crippen LogP contribution in [-0.4, -0.2) is 0 Å². The molecule has 1 aliphatic carbocycles. The molecule has 47 heavy (non-hydrogen) atoms. The molecule has 0 saturated heterocycles. The molecule has 1 aliphatic rings. The molecule has 8 aromatic carbocycles. The third kappa shape index (κ3) is 4.12. The second-order valence-electron chi connectivity index (χ2n) is 12.5. The molecule has 0 saturated carbocycles. The van der Waals surface area contributed by atoms with Gasteiger partial charge in [-0.1, -0.05) is 109 Å². The Morgan fingerprint density at radius 1 is 0.426 bits per heavy atom. The van der Waals surface area contributed by atoms with Crippen LogP contribution in [0.4, 0.5) is 17.1 Å². The van der Waals surface area contributed by atoms with Gasteiger partial charge >= 0.3 is 0 Å². The molecule has 1 heterocycles. The van der Waals surface area contributed by atoms with E-state index in [-0.39, 0.29) is 0 Å². The van der Waals surface area contributed by atoms with Gasteiger partial charge in [-0.3, -0.25) is 0 Å². The molecule has 0 radical (unpaired) electrons. The molecule has 0 fully saturated rings. The number of furan rings is 1. The van der Waals surface area contributed by atoms with Crippen molar-refractivity contribution in [2.75, 3.05) is 4.90 Å². The molecule has 2 nitrogen and oxygen atoms in total. The number of para-hydroxylation sites is 1. The first-order chi connectivity index (χ1) is 23.3.